The van der Waals surface area contributed by atoms with Crippen LogP contribution in [-0.4, -0.2) is 20.1 Å². The quantitative estimate of drug-likeness (QED) is 0.752. The number of methoxy groups -OCH3 is 2. The molecule has 0 spiro atoms. The number of allylic oxidation sites excluding steroid dienone is 1. The number of hydrogen-bond acceptors (Lipinski definition) is 3. The third kappa shape index (κ3) is 4.20. The van der Waals surface area contributed by atoms with Gasteiger partial charge >= 0.3 is 0 Å². The maximum Gasteiger partial charge on any atom is 0.251 e. The van der Waals surface area contributed by atoms with E-state index in [-0.39, 0.29) is 5.56 Å². The van der Waals surface area contributed by atoms with Crippen molar-refractivity contribution in [3.05, 3.63) is 71.3 Å². The van der Waals surface area contributed by atoms with E-state index < -0.39 is 23.6 Å². The first-order chi connectivity index (χ1) is 12.4. The van der Waals surface area contributed by atoms with E-state index in [9.17, 15) is 13.6 Å². The molecule has 2 aromatic carbocycles. The van der Waals surface area contributed by atoms with Gasteiger partial charge in [0.25, 0.3) is 5.91 Å². The SMILES string of the molecule is C=CCc1cc(C(=O)N[C@@H](C)c2ccc(F)cc2F)cc(OC)c1OC. The molecule has 0 saturated heterocycles. The van der Waals surface area contributed by atoms with Crippen molar-refractivity contribution in [2.75, 3.05) is 14.2 Å². The first-order valence-corrected chi connectivity index (χ1v) is 8.02. The van der Waals surface area contributed by atoms with Crippen molar-refractivity contribution in [3.63, 3.8) is 0 Å². The second-order valence-corrected chi connectivity index (χ2v) is 5.72. The van der Waals surface area contributed by atoms with Crippen LogP contribution in [0.1, 0.15) is 34.5 Å². The molecule has 0 aromatic heterocycles. The van der Waals surface area contributed by atoms with Gasteiger partial charge in [-0.3, -0.25) is 4.79 Å². The lowest BCUT2D eigenvalue weighted by Gasteiger charge is -2.17. The third-order valence-corrected chi connectivity index (χ3v) is 3.96. The Balaban J connectivity index is 2.31. The monoisotopic (exact) mass is 361 g/mol. The third-order valence-electron chi connectivity index (χ3n) is 3.96. The van der Waals surface area contributed by atoms with Crippen LogP contribution in [0, 0.1) is 11.6 Å². The molecule has 0 aliphatic carbocycles. The van der Waals surface area contributed by atoms with Gasteiger partial charge in [0, 0.05) is 22.8 Å². The molecule has 1 N–H and O–H groups in total. The summed E-state index contributed by atoms with van der Waals surface area (Å²) in [7, 11) is 3.00. The molecule has 0 heterocycles. The Bertz CT molecular complexity index is 821. The van der Waals surface area contributed by atoms with Crippen LogP contribution < -0.4 is 14.8 Å². The molecule has 0 radical (unpaired) electrons. The van der Waals surface area contributed by atoms with E-state index >= 15 is 0 Å². The van der Waals surface area contributed by atoms with E-state index in [1.807, 2.05) is 0 Å². The number of rotatable bonds is 7. The van der Waals surface area contributed by atoms with Crippen molar-refractivity contribution in [1.29, 1.82) is 0 Å². The summed E-state index contributed by atoms with van der Waals surface area (Å²) in [5.74, 6) is -0.845. The van der Waals surface area contributed by atoms with Crippen LogP contribution in [-0.2, 0) is 6.42 Å². The van der Waals surface area contributed by atoms with Gasteiger partial charge in [0.2, 0.25) is 0 Å². The molecule has 1 atom stereocenters. The summed E-state index contributed by atoms with van der Waals surface area (Å²) in [6, 6.07) is 5.84. The van der Waals surface area contributed by atoms with Crippen LogP contribution in [0.15, 0.2) is 43.0 Å². The van der Waals surface area contributed by atoms with E-state index in [2.05, 4.69) is 11.9 Å². The normalized spacial score (nSPS) is 11.6. The average molecular weight is 361 g/mol. The molecule has 4 nitrogen and oxygen atoms in total. The Kier molecular flexibility index (Phi) is 6.33. The van der Waals surface area contributed by atoms with Gasteiger partial charge < -0.3 is 14.8 Å². The maximum atomic E-state index is 13.9. The minimum atomic E-state index is -0.711. The largest absolute Gasteiger partial charge is 0.493 e. The number of halogens is 2. The van der Waals surface area contributed by atoms with Crippen molar-refractivity contribution in [1.82, 2.24) is 5.32 Å². The summed E-state index contributed by atoms with van der Waals surface area (Å²) >= 11 is 0. The second-order valence-electron chi connectivity index (χ2n) is 5.72. The molecule has 0 saturated carbocycles. The Morgan fingerprint density at radius 1 is 1.23 bits per heavy atom. The molecule has 0 aliphatic heterocycles. The Morgan fingerprint density at radius 3 is 2.54 bits per heavy atom. The molecular weight excluding hydrogens is 340 g/mol. The van der Waals surface area contributed by atoms with Gasteiger partial charge in [-0.2, -0.15) is 0 Å². The molecule has 0 bridgehead atoms. The van der Waals surface area contributed by atoms with Crippen molar-refractivity contribution in [3.8, 4) is 11.5 Å². The zero-order chi connectivity index (χ0) is 19.3. The fraction of sp³-hybridized carbons (Fsp3) is 0.250. The molecule has 138 valence electrons. The highest BCUT2D eigenvalue weighted by Crippen LogP contribution is 2.33. The Hall–Kier alpha value is -2.89. The Morgan fingerprint density at radius 2 is 1.96 bits per heavy atom. The van der Waals surface area contributed by atoms with Gasteiger partial charge in [-0.1, -0.05) is 12.1 Å². The topological polar surface area (TPSA) is 47.6 Å². The minimum absolute atomic E-state index is 0.201. The number of nitrogens with one attached hydrogen (secondary N) is 1. The first kappa shape index (κ1) is 19.4. The summed E-state index contributed by atoms with van der Waals surface area (Å²) < 4.78 is 37.6. The van der Waals surface area contributed by atoms with Crippen LogP contribution in [0.5, 0.6) is 11.5 Å². The summed E-state index contributed by atoms with van der Waals surface area (Å²) in [4.78, 5) is 12.6. The second kappa shape index (κ2) is 8.47. The van der Waals surface area contributed by atoms with Gasteiger partial charge in [-0.25, -0.2) is 8.78 Å². The molecule has 0 aliphatic rings. The average Bonchev–Trinajstić information content (AvgIpc) is 2.60. The van der Waals surface area contributed by atoms with Crippen LogP contribution in [0.3, 0.4) is 0 Å². The number of benzene rings is 2. The molecule has 0 fully saturated rings. The first-order valence-electron chi connectivity index (χ1n) is 8.02. The smallest absolute Gasteiger partial charge is 0.251 e. The summed E-state index contributed by atoms with van der Waals surface area (Å²) in [6.07, 6.45) is 2.18. The highest BCUT2D eigenvalue weighted by atomic mass is 19.1. The molecule has 6 heteroatoms. The van der Waals surface area contributed by atoms with Gasteiger partial charge in [0.15, 0.2) is 11.5 Å². The van der Waals surface area contributed by atoms with Gasteiger partial charge in [-0.05, 0) is 31.5 Å². The molecule has 1 amide bonds. The van der Waals surface area contributed by atoms with E-state index in [1.54, 1.807) is 25.1 Å². The highest BCUT2D eigenvalue weighted by Gasteiger charge is 2.19. The predicted octanol–water partition coefficient (Wildman–Crippen LogP) is 4.20. The van der Waals surface area contributed by atoms with Gasteiger partial charge in [0.1, 0.15) is 11.6 Å². The molecule has 2 aromatic rings. The van der Waals surface area contributed by atoms with Crippen molar-refractivity contribution < 1.29 is 23.0 Å². The summed E-state index contributed by atoms with van der Waals surface area (Å²) in [6.45, 7) is 5.32. The van der Waals surface area contributed by atoms with Crippen LogP contribution >= 0.6 is 0 Å². The summed E-state index contributed by atoms with van der Waals surface area (Å²) in [5.41, 5.74) is 1.29. The zero-order valence-corrected chi connectivity index (χ0v) is 14.9. The maximum absolute atomic E-state index is 13.9. The summed E-state index contributed by atoms with van der Waals surface area (Å²) in [5, 5.41) is 2.71. The van der Waals surface area contributed by atoms with Crippen LogP contribution in [0.2, 0.25) is 0 Å². The molecule has 26 heavy (non-hydrogen) atoms. The molecular formula is C20H21F2NO3. The van der Waals surface area contributed by atoms with Crippen molar-refractivity contribution in [2.24, 2.45) is 0 Å². The number of carbonyl (C=O) groups is 1. The van der Waals surface area contributed by atoms with Gasteiger partial charge in [-0.15, -0.1) is 6.58 Å². The fourth-order valence-corrected chi connectivity index (χ4v) is 2.69. The number of hydrogen-bond donors (Lipinski definition) is 1. The molecule has 0 unspecified atom stereocenters. The zero-order valence-electron chi connectivity index (χ0n) is 14.9. The van der Waals surface area contributed by atoms with Crippen molar-refractivity contribution >= 4 is 5.91 Å². The van der Waals surface area contributed by atoms with Crippen LogP contribution in [0.25, 0.3) is 0 Å². The highest BCUT2D eigenvalue weighted by molar-refractivity contribution is 5.95. The number of carbonyl (C=O) groups excluding carboxylic acids is 1. The molecule has 2 rings (SSSR count). The van der Waals surface area contributed by atoms with E-state index in [1.165, 1.54) is 20.3 Å². The lowest BCUT2D eigenvalue weighted by atomic mass is 10.0. The number of ether oxygens (including phenoxy) is 2. The van der Waals surface area contributed by atoms with Crippen LogP contribution in [0.4, 0.5) is 8.78 Å². The fourth-order valence-electron chi connectivity index (χ4n) is 2.69. The predicted molar refractivity (Wildman–Crippen MR) is 95.7 cm³/mol. The van der Waals surface area contributed by atoms with E-state index in [4.69, 9.17) is 9.47 Å². The standard InChI is InChI=1S/C20H21F2NO3/c1-5-6-13-9-14(10-18(25-3)19(13)26-4)20(24)23-12(2)16-8-7-15(21)11-17(16)22/h5,7-12H,1,6H2,2-4H3,(H,23,24)/t12-/m0/s1. The van der Waals surface area contributed by atoms with Crippen molar-refractivity contribution in [2.45, 2.75) is 19.4 Å². The van der Waals surface area contributed by atoms with Gasteiger partial charge in [0.05, 0.1) is 20.3 Å². The Labute approximate surface area is 151 Å². The van der Waals surface area contributed by atoms with E-state index in [0.29, 0.717) is 23.5 Å². The lowest BCUT2D eigenvalue weighted by molar-refractivity contribution is 0.0939. The minimum Gasteiger partial charge on any atom is -0.493 e. The van der Waals surface area contributed by atoms with E-state index in [0.717, 1.165) is 17.7 Å². The number of amides is 1. The lowest BCUT2D eigenvalue weighted by Crippen LogP contribution is -2.27.